The van der Waals surface area contributed by atoms with Gasteiger partial charge in [0, 0.05) is 33.1 Å². The van der Waals surface area contributed by atoms with Crippen molar-refractivity contribution >= 4 is 12.0 Å². The van der Waals surface area contributed by atoms with Crippen LogP contribution >= 0.6 is 0 Å². The molecule has 0 aliphatic carbocycles. The smallest absolute Gasteiger partial charge is 0.405 e. The zero-order valence-electron chi connectivity index (χ0n) is 16.5. The van der Waals surface area contributed by atoms with E-state index in [1.54, 1.807) is 27.7 Å². The fourth-order valence-corrected chi connectivity index (χ4v) is 2.74. The predicted molar refractivity (Wildman–Crippen MR) is 104 cm³/mol. The molecule has 0 unspecified atom stereocenters. The number of hydrogen-bond donors (Lipinski definition) is 1. The van der Waals surface area contributed by atoms with E-state index in [0.29, 0.717) is 0 Å². The minimum Gasteiger partial charge on any atom is -0.444 e. The van der Waals surface area contributed by atoms with Crippen molar-refractivity contribution in [3.63, 3.8) is 0 Å². The Morgan fingerprint density at radius 3 is 2.23 bits per heavy atom. The Balaban J connectivity index is 0.000000359. The van der Waals surface area contributed by atoms with E-state index in [9.17, 15) is 9.59 Å². The van der Waals surface area contributed by atoms with Crippen LogP contribution in [0.25, 0.3) is 0 Å². The molecule has 2 rings (SSSR count). The molecule has 2 amide bonds. The molecule has 6 nitrogen and oxygen atoms in total. The molecule has 0 aromatic heterocycles. The fraction of sp³-hybridized carbons (Fsp3) is 0.600. The number of ether oxygens (including phenoxy) is 1. The van der Waals surface area contributed by atoms with Gasteiger partial charge in [0.2, 0.25) is 5.91 Å². The minimum absolute atomic E-state index is 0.208. The number of carbonyl (C=O) groups is 2. The average Bonchev–Trinajstić information content (AvgIpc) is 2.78. The largest absolute Gasteiger partial charge is 0.444 e. The second kappa shape index (κ2) is 10.8. The zero-order valence-corrected chi connectivity index (χ0v) is 16.5. The van der Waals surface area contributed by atoms with E-state index in [1.165, 1.54) is 5.56 Å². The average molecular weight is 364 g/mol. The SMILES string of the molecule is CC(=O)N1CCCN(CCc2ccccc2)CC1.CC(C)(C)OC(N)=O. The summed E-state index contributed by atoms with van der Waals surface area (Å²) < 4.78 is 4.58. The molecule has 26 heavy (non-hydrogen) atoms. The minimum atomic E-state index is -0.725. The normalized spacial score (nSPS) is 15.5. The lowest BCUT2D eigenvalue weighted by Crippen LogP contribution is -2.34. The fourth-order valence-electron chi connectivity index (χ4n) is 2.74. The lowest BCUT2D eigenvalue weighted by molar-refractivity contribution is -0.128. The Bertz CT molecular complexity index is 555. The standard InChI is InChI=1S/C15H22N2O.C5H11NO2/c1-14(18)17-10-5-9-16(12-13-17)11-8-15-6-3-2-4-7-15;1-5(2,3)8-4(6)7/h2-4,6-7H,5,8-13H2,1H3;1-3H3,(H2,6,7). The lowest BCUT2D eigenvalue weighted by Gasteiger charge is -2.21. The summed E-state index contributed by atoms with van der Waals surface area (Å²) in [6, 6.07) is 10.6. The first kappa shape index (κ1) is 22.0. The molecule has 0 radical (unpaired) electrons. The van der Waals surface area contributed by atoms with E-state index in [-0.39, 0.29) is 5.91 Å². The lowest BCUT2D eigenvalue weighted by atomic mass is 10.1. The molecule has 2 N–H and O–H groups in total. The summed E-state index contributed by atoms with van der Waals surface area (Å²) in [5, 5.41) is 0. The molecular formula is C20H33N3O3. The summed E-state index contributed by atoms with van der Waals surface area (Å²) >= 11 is 0. The van der Waals surface area contributed by atoms with Crippen molar-refractivity contribution in [3.8, 4) is 0 Å². The van der Waals surface area contributed by atoms with E-state index < -0.39 is 11.7 Å². The predicted octanol–water partition coefficient (Wildman–Crippen LogP) is 2.66. The van der Waals surface area contributed by atoms with Gasteiger partial charge in [0.05, 0.1) is 0 Å². The van der Waals surface area contributed by atoms with Gasteiger partial charge < -0.3 is 20.3 Å². The maximum atomic E-state index is 11.3. The Kier molecular flexibility index (Phi) is 9.13. The van der Waals surface area contributed by atoms with Crippen LogP contribution in [0.4, 0.5) is 4.79 Å². The second-order valence-electron chi connectivity index (χ2n) is 7.47. The third-order valence-electron chi connectivity index (χ3n) is 4.00. The number of rotatable bonds is 3. The maximum absolute atomic E-state index is 11.3. The monoisotopic (exact) mass is 363 g/mol. The van der Waals surface area contributed by atoms with Crippen LogP contribution in [0.1, 0.15) is 39.7 Å². The van der Waals surface area contributed by atoms with Crippen molar-refractivity contribution in [1.29, 1.82) is 0 Å². The molecule has 0 spiro atoms. The Morgan fingerprint density at radius 1 is 1.08 bits per heavy atom. The van der Waals surface area contributed by atoms with Gasteiger partial charge in [0.15, 0.2) is 0 Å². The van der Waals surface area contributed by atoms with Gasteiger partial charge in [-0.3, -0.25) is 4.79 Å². The van der Waals surface area contributed by atoms with E-state index in [1.807, 2.05) is 4.90 Å². The van der Waals surface area contributed by atoms with Crippen molar-refractivity contribution in [2.24, 2.45) is 5.73 Å². The molecule has 1 fully saturated rings. The first-order valence-corrected chi connectivity index (χ1v) is 9.17. The highest BCUT2D eigenvalue weighted by Crippen LogP contribution is 2.06. The van der Waals surface area contributed by atoms with Crippen LogP contribution in [0.5, 0.6) is 0 Å². The Labute approximate surface area is 157 Å². The third kappa shape index (κ3) is 10.0. The molecule has 1 saturated heterocycles. The molecule has 1 aromatic rings. The number of primary amides is 1. The van der Waals surface area contributed by atoms with Crippen LogP contribution in [-0.2, 0) is 16.0 Å². The van der Waals surface area contributed by atoms with Crippen LogP contribution in [-0.4, -0.2) is 60.1 Å². The molecule has 1 heterocycles. The molecule has 0 atom stereocenters. The highest BCUT2D eigenvalue weighted by molar-refractivity contribution is 5.73. The van der Waals surface area contributed by atoms with Crippen molar-refractivity contribution in [1.82, 2.24) is 9.80 Å². The second-order valence-corrected chi connectivity index (χ2v) is 7.47. The number of benzene rings is 1. The molecule has 1 aromatic carbocycles. The maximum Gasteiger partial charge on any atom is 0.405 e. The molecule has 1 aliphatic heterocycles. The molecule has 6 heteroatoms. The first-order valence-electron chi connectivity index (χ1n) is 9.17. The van der Waals surface area contributed by atoms with E-state index in [0.717, 1.165) is 45.6 Å². The van der Waals surface area contributed by atoms with Gasteiger partial charge in [0.25, 0.3) is 0 Å². The van der Waals surface area contributed by atoms with Crippen molar-refractivity contribution in [2.75, 3.05) is 32.7 Å². The van der Waals surface area contributed by atoms with E-state index in [4.69, 9.17) is 5.73 Å². The number of nitrogens with two attached hydrogens (primary N) is 1. The number of nitrogens with zero attached hydrogens (tertiary/aromatic N) is 2. The van der Waals surface area contributed by atoms with Crippen LogP contribution in [0.2, 0.25) is 0 Å². The quantitative estimate of drug-likeness (QED) is 0.896. The van der Waals surface area contributed by atoms with Gasteiger partial charge in [-0.15, -0.1) is 0 Å². The molecular weight excluding hydrogens is 330 g/mol. The summed E-state index contributed by atoms with van der Waals surface area (Å²) in [5.41, 5.74) is 5.66. The van der Waals surface area contributed by atoms with Gasteiger partial charge >= 0.3 is 6.09 Å². The molecule has 1 aliphatic rings. The van der Waals surface area contributed by atoms with Crippen LogP contribution in [0, 0.1) is 0 Å². The Morgan fingerprint density at radius 2 is 1.73 bits per heavy atom. The Hall–Kier alpha value is -2.08. The first-order chi connectivity index (χ1) is 12.2. The van der Waals surface area contributed by atoms with Gasteiger partial charge in [-0.2, -0.15) is 0 Å². The van der Waals surface area contributed by atoms with Crippen LogP contribution in [0.15, 0.2) is 30.3 Å². The molecule has 0 bridgehead atoms. The number of carbonyl (C=O) groups excluding carboxylic acids is 2. The highest BCUT2D eigenvalue weighted by Gasteiger charge is 2.16. The van der Waals surface area contributed by atoms with Gasteiger partial charge in [-0.25, -0.2) is 4.79 Å². The zero-order chi connectivity index (χ0) is 19.6. The summed E-state index contributed by atoms with van der Waals surface area (Å²) in [4.78, 5) is 25.8. The van der Waals surface area contributed by atoms with E-state index >= 15 is 0 Å². The topological polar surface area (TPSA) is 75.9 Å². The summed E-state index contributed by atoms with van der Waals surface area (Å²) in [7, 11) is 0. The third-order valence-corrected chi connectivity index (χ3v) is 4.00. The number of hydrogen-bond acceptors (Lipinski definition) is 4. The molecule has 0 saturated carbocycles. The molecule has 146 valence electrons. The number of amides is 2. The van der Waals surface area contributed by atoms with Gasteiger partial charge in [0.1, 0.15) is 5.60 Å². The summed E-state index contributed by atoms with van der Waals surface area (Å²) in [5.74, 6) is 0.208. The van der Waals surface area contributed by atoms with Gasteiger partial charge in [-0.1, -0.05) is 30.3 Å². The van der Waals surface area contributed by atoms with Crippen molar-refractivity contribution < 1.29 is 14.3 Å². The highest BCUT2D eigenvalue weighted by atomic mass is 16.6. The van der Waals surface area contributed by atoms with Crippen LogP contribution in [0.3, 0.4) is 0 Å². The van der Waals surface area contributed by atoms with Crippen molar-refractivity contribution in [3.05, 3.63) is 35.9 Å². The van der Waals surface area contributed by atoms with Gasteiger partial charge in [-0.05, 0) is 45.7 Å². The summed E-state index contributed by atoms with van der Waals surface area (Å²) in [6.07, 6.45) is 1.47. The van der Waals surface area contributed by atoms with Crippen LogP contribution < -0.4 is 5.73 Å². The summed E-state index contributed by atoms with van der Waals surface area (Å²) in [6.45, 7) is 12.0. The van der Waals surface area contributed by atoms with Crippen molar-refractivity contribution in [2.45, 2.75) is 46.1 Å². The van der Waals surface area contributed by atoms with E-state index in [2.05, 4.69) is 40.0 Å².